The molecule has 17 heavy (non-hydrogen) atoms. The van der Waals surface area contributed by atoms with Crippen molar-refractivity contribution in [1.82, 2.24) is 9.80 Å². The molecule has 0 heterocycles. The van der Waals surface area contributed by atoms with Crippen LogP contribution in [0.1, 0.15) is 27.7 Å². The van der Waals surface area contributed by atoms with Crippen molar-refractivity contribution in [2.75, 3.05) is 41.3 Å². The molecule has 0 aliphatic heterocycles. The van der Waals surface area contributed by atoms with Crippen molar-refractivity contribution in [3.63, 3.8) is 0 Å². The third-order valence-electron chi connectivity index (χ3n) is 1.78. The van der Waals surface area contributed by atoms with Crippen LogP contribution in [0.4, 0.5) is 0 Å². The summed E-state index contributed by atoms with van der Waals surface area (Å²) in [5.74, 6) is 0. The van der Waals surface area contributed by atoms with Gasteiger partial charge in [0.25, 0.3) is 0 Å². The molecule has 0 aromatic carbocycles. The number of rotatable bonds is 8. The van der Waals surface area contributed by atoms with E-state index in [2.05, 4.69) is 37.5 Å². The van der Waals surface area contributed by atoms with E-state index in [1.54, 1.807) is 0 Å². The van der Waals surface area contributed by atoms with E-state index >= 15 is 0 Å². The summed E-state index contributed by atoms with van der Waals surface area (Å²) in [6.45, 7) is 9.93. The first-order chi connectivity index (χ1) is 7.54. The molecular weight excluding hydrogens is 268 g/mol. The fourth-order valence-corrected chi connectivity index (χ4v) is 2.30. The molecule has 0 radical (unpaired) electrons. The normalized spacial score (nSPS) is 14.0. The molecule has 109 valence electrons. The molecule has 0 fully saturated rings. The number of likely N-dealkylation sites (N-methyl/N-ethyl adjacent to an activating group) is 2. The second kappa shape index (κ2) is 7.07. The molecule has 0 aliphatic carbocycles. The van der Waals surface area contributed by atoms with E-state index in [0.29, 0.717) is 0 Å². The molecule has 0 saturated carbocycles. The van der Waals surface area contributed by atoms with Gasteiger partial charge in [0.05, 0.1) is 0 Å². The van der Waals surface area contributed by atoms with Gasteiger partial charge in [-0.05, 0) is 0 Å². The van der Waals surface area contributed by atoms with E-state index < -0.39 is 0 Å². The SMILES string of the molecule is CN(C)CC(C)(C)[O][Cu][O]C(C)(C)CN(C)C. The zero-order valence-corrected chi connectivity index (χ0v) is 13.4. The Hall–Kier alpha value is 0.359. The monoisotopic (exact) mass is 295 g/mol. The zero-order chi connectivity index (χ0) is 13.7. The van der Waals surface area contributed by atoms with E-state index in [0.717, 1.165) is 13.1 Å². The predicted octanol–water partition coefficient (Wildman–Crippen LogP) is 1.61. The molecule has 0 atom stereocenters. The summed E-state index contributed by atoms with van der Waals surface area (Å²) in [6, 6.07) is 0. The van der Waals surface area contributed by atoms with Crippen LogP contribution in [0.3, 0.4) is 0 Å². The van der Waals surface area contributed by atoms with Gasteiger partial charge < -0.3 is 0 Å². The van der Waals surface area contributed by atoms with E-state index in [1.165, 1.54) is 15.6 Å². The van der Waals surface area contributed by atoms with Gasteiger partial charge in [0, 0.05) is 0 Å². The maximum absolute atomic E-state index is 5.68. The quantitative estimate of drug-likeness (QED) is 0.635. The third kappa shape index (κ3) is 10.0. The first kappa shape index (κ1) is 17.4. The Balaban J connectivity index is 3.97. The maximum atomic E-state index is 5.68. The summed E-state index contributed by atoms with van der Waals surface area (Å²) in [7, 11) is 8.13. The Morgan fingerprint density at radius 2 is 1.06 bits per heavy atom. The zero-order valence-electron chi connectivity index (χ0n) is 12.4. The summed E-state index contributed by atoms with van der Waals surface area (Å²) in [5, 5.41) is 0. The van der Waals surface area contributed by atoms with Crippen LogP contribution in [0.25, 0.3) is 0 Å². The third-order valence-corrected chi connectivity index (χ3v) is 2.98. The summed E-state index contributed by atoms with van der Waals surface area (Å²) < 4.78 is 11.4. The molecule has 0 amide bonds. The minimum absolute atomic E-state index is 0.225. The van der Waals surface area contributed by atoms with Crippen molar-refractivity contribution in [2.24, 2.45) is 0 Å². The topological polar surface area (TPSA) is 24.9 Å². The molecule has 4 nitrogen and oxygen atoms in total. The van der Waals surface area contributed by atoms with Crippen molar-refractivity contribution in [1.29, 1.82) is 0 Å². The van der Waals surface area contributed by atoms with Crippen LogP contribution in [0.2, 0.25) is 0 Å². The van der Waals surface area contributed by atoms with E-state index in [4.69, 9.17) is 7.64 Å². The first-order valence-corrected chi connectivity index (χ1v) is 6.55. The minimum atomic E-state index is -0.225. The molecule has 0 aromatic heterocycles. The van der Waals surface area contributed by atoms with E-state index in [9.17, 15) is 0 Å². The van der Waals surface area contributed by atoms with Crippen LogP contribution in [-0.4, -0.2) is 62.3 Å². The molecule has 0 rings (SSSR count). The van der Waals surface area contributed by atoms with Crippen LogP contribution in [0.15, 0.2) is 0 Å². The Kier molecular flexibility index (Phi) is 7.22. The van der Waals surface area contributed by atoms with Gasteiger partial charge in [-0.15, -0.1) is 0 Å². The number of nitrogens with zero attached hydrogens (tertiary/aromatic N) is 2. The van der Waals surface area contributed by atoms with E-state index in [-0.39, 0.29) is 11.2 Å². The van der Waals surface area contributed by atoms with Gasteiger partial charge in [0.2, 0.25) is 0 Å². The molecule has 0 spiro atoms. The van der Waals surface area contributed by atoms with E-state index in [1.807, 2.05) is 28.2 Å². The second-order valence-corrected chi connectivity index (χ2v) is 6.71. The van der Waals surface area contributed by atoms with Crippen molar-refractivity contribution < 1.29 is 23.3 Å². The van der Waals surface area contributed by atoms with Gasteiger partial charge in [-0.2, -0.15) is 0 Å². The molecule has 0 bridgehead atoms. The van der Waals surface area contributed by atoms with Gasteiger partial charge in [-0.3, -0.25) is 0 Å². The van der Waals surface area contributed by atoms with Crippen LogP contribution < -0.4 is 0 Å². The molecule has 0 aliphatic rings. The molecule has 0 unspecified atom stereocenters. The molecule has 0 saturated heterocycles. The van der Waals surface area contributed by atoms with Crippen molar-refractivity contribution in [2.45, 2.75) is 38.9 Å². The van der Waals surface area contributed by atoms with Crippen LogP contribution in [0.5, 0.6) is 0 Å². The Morgan fingerprint density at radius 3 is 1.29 bits per heavy atom. The fraction of sp³-hybridized carbons (Fsp3) is 1.00. The fourth-order valence-electron chi connectivity index (χ4n) is 1.71. The van der Waals surface area contributed by atoms with Gasteiger partial charge in [-0.25, -0.2) is 0 Å². The van der Waals surface area contributed by atoms with Crippen LogP contribution in [0, 0.1) is 0 Å². The van der Waals surface area contributed by atoms with Crippen molar-refractivity contribution in [3.8, 4) is 0 Å². The number of hydrogen-bond donors (Lipinski definition) is 0. The molecule has 0 aromatic rings. The second-order valence-electron chi connectivity index (χ2n) is 6.17. The molecular formula is C12H28CuN2O2. The van der Waals surface area contributed by atoms with Gasteiger partial charge in [0.15, 0.2) is 0 Å². The average molecular weight is 296 g/mol. The van der Waals surface area contributed by atoms with Crippen LogP contribution in [-0.2, 0) is 23.3 Å². The summed E-state index contributed by atoms with van der Waals surface area (Å²) in [6.07, 6.45) is 0. The van der Waals surface area contributed by atoms with Crippen molar-refractivity contribution >= 4 is 0 Å². The number of hydrogen-bond acceptors (Lipinski definition) is 4. The summed E-state index contributed by atoms with van der Waals surface area (Å²) in [4.78, 5) is 4.20. The Morgan fingerprint density at radius 1 is 0.765 bits per heavy atom. The van der Waals surface area contributed by atoms with Gasteiger partial charge in [-0.1, -0.05) is 0 Å². The summed E-state index contributed by atoms with van der Waals surface area (Å²) >= 11 is 1.19. The Labute approximate surface area is 113 Å². The first-order valence-electron chi connectivity index (χ1n) is 5.78. The van der Waals surface area contributed by atoms with Crippen LogP contribution >= 0.6 is 0 Å². The standard InChI is InChI=1S/2C6H14NO.Cu/c2*1-6(2,8)5-7(3)4;/h2*5H2,1-4H3;/q2*-1;+2. The molecule has 0 N–H and O–H groups in total. The predicted molar refractivity (Wildman–Crippen MR) is 67.4 cm³/mol. The van der Waals surface area contributed by atoms with Gasteiger partial charge >= 0.3 is 113 Å². The van der Waals surface area contributed by atoms with Gasteiger partial charge in [0.1, 0.15) is 0 Å². The Bertz CT molecular complexity index is 197. The molecule has 5 heteroatoms. The average Bonchev–Trinajstić information content (AvgIpc) is 1.96. The van der Waals surface area contributed by atoms with Crippen molar-refractivity contribution in [3.05, 3.63) is 0 Å². The summed E-state index contributed by atoms with van der Waals surface area (Å²) in [5.41, 5.74) is -0.449.